The lowest BCUT2D eigenvalue weighted by Crippen LogP contribution is -2.43. The minimum atomic E-state index is 0.0634. The van der Waals surface area contributed by atoms with E-state index in [4.69, 9.17) is 16.6 Å². The Kier molecular flexibility index (Phi) is 5.15. The summed E-state index contributed by atoms with van der Waals surface area (Å²) in [5, 5.41) is 4.21. The van der Waals surface area contributed by atoms with Gasteiger partial charge < -0.3 is 10.2 Å². The van der Waals surface area contributed by atoms with Gasteiger partial charge >= 0.3 is 0 Å². The zero-order valence-corrected chi connectivity index (χ0v) is 14.7. The highest BCUT2D eigenvalue weighted by molar-refractivity contribution is 6.31. The second-order valence-corrected chi connectivity index (χ2v) is 7.66. The maximum absolute atomic E-state index is 6.31. The van der Waals surface area contributed by atoms with Crippen LogP contribution in [0.4, 0.5) is 5.82 Å². The number of pyridine rings is 1. The number of hydrogen-bond donors (Lipinski definition) is 1. The molecule has 2 heterocycles. The number of nitrogens with one attached hydrogen (secondary N) is 1. The quantitative estimate of drug-likeness (QED) is 0.905. The number of piperidine rings is 1. The summed E-state index contributed by atoms with van der Waals surface area (Å²) >= 11 is 6.31. The molecule has 3 nitrogen and oxygen atoms in total. The average Bonchev–Trinajstić information content (AvgIpc) is 2.40. The summed E-state index contributed by atoms with van der Waals surface area (Å²) in [5.74, 6) is 1.77. The van der Waals surface area contributed by atoms with E-state index in [9.17, 15) is 0 Å². The Morgan fingerprint density at radius 3 is 2.71 bits per heavy atom. The van der Waals surface area contributed by atoms with Crippen LogP contribution in [0.25, 0.3) is 0 Å². The molecule has 2 rings (SSSR count). The third kappa shape index (κ3) is 4.33. The van der Waals surface area contributed by atoms with Gasteiger partial charge in [0.1, 0.15) is 5.82 Å². The van der Waals surface area contributed by atoms with Crippen LogP contribution in [0.5, 0.6) is 0 Å². The summed E-state index contributed by atoms with van der Waals surface area (Å²) in [6.07, 6.45) is 2.55. The van der Waals surface area contributed by atoms with Gasteiger partial charge in [-0.15, -0.1) is 0 Å². The molecule has 0 bridgehead atoms. The van der Waals surface area contributed by atoms with Crippen molar-refractivity contribution in [2.45, 2.75) is 65.6 Å². The minimum Gasteiger partial charge on any atom is -0.354 e. The molecule has 0 aromatic carbocycles. The van der Waals surface area contributed by atoms with E-state index in [0.29, 0.717) is 18.5 Å². The Hall–Kier alpha value is -0.800. The Balaban J connectivity index is 2.17. The van der Waals surface area contributed by atoms with E-state index in [-0.39, 0.29) is 5.54 Å². The fourth-order valence-corrected chi connectivity index (χ4v) is 2.94. The maximum Gasteiger partial charge on any atom is 0.129 e. The Labute approximate surface area is 134 Å². The predicted octanol–water partition coefficient (Wildman–Crippen LogP) is 4.25. The van der Waals surface area contributed by atoms with Crippen molar-refractivity contribution in [3.8, 4) is 0 Å². The van der Waals surface area contributed by atoms with Crippen LogP contribution in [0.1, 0.15) is 53.2 Å². The molecule has 1 N–H and O–H groups in total. The largest absolute Gasteiger partial charge is 0.354 e. The normalized spacial score (nSPS) is 23.4. The van der Waals surface area contributed by atoms with Crippen LogP contribution in [0.3, 0.4) is 0 Å². The topological polar surface area (TPSA) is 28.2 Å². The summed E-state index contributed by atoms with van der Waals surface area (Å²) in [7, 11) is 0. The number of rotatable bonds is 3. The van der Waals surface area contributed by atoms with Crippen molar-refractivity contribution < 1.29 is 0 Å². The molecule has 0 aliphatic carbocycles. The van der Waals surface area contributed by atoms with Gasteiger partial charge in [-0.1, -0.05) is 18.5 Å². The molecule has 1 fully saturated rings. The van der Waals surface area contributed by atoms with Crippen LogP contribution in [-0.4, -0.2) is 23.1 Å². The third-order valence-corrected chi connectivity index (χ3v) is 4.70. The molecule has 21 heavy (non-hydrogen) atoms. The standard InChI is InChI=1S/C17H28ClN3/c1-12-7-6-10-21(13(12)2)16-9-8-14(18)15(20-16)11-19-17(3,4)5/h8-9,12-13,19H,6-7,10-11H2,1-5H3. The molecule has 4 heteroatoms. The van der Waals surface area contributed by atoms with E-state index < -0.39 is 0 Å². The SMILES string of the molecule is CC1CCCN(c2ccc(Cl)c(CNC(C)(C)C)n2)C1C. The minimum absolute atomic E-state index is 0.0634. The van der Waals surface area contributed by atoms with Gasteiger partial charge in [0, 0.05) is 24.7 Å². The summed E-state index contributed by atoms with van der Waals surface area (Å²) in [6, 6.07) is 4.57. The molecule has 2 unspecified atom stereocenters. The molecule has 0 spiro atoms. The van der Waals surface area contributed by atoms with Crippen molar-refractivity contribution >= 4 is 17.4 Å². The van der Waals surface area contributed by atoms with Crippen molar-refractivity contribution in [2.75, 3.05) is 11.4 Å². The van der Waals surface area contributed by atoms with Gasteiger partial charge in [0.2, 0.25) is 0 Å². The van der Waals surface area contributed by atoms with Crippen LogP contribution < -0.4 is 10.2 Å². The molecule has 1 aromatic heterocycles. The fourth-order valence-electron chi connectivity index (χ4n) is 2.76. The molecule has 0 amide bonds. The van der Waals surface area contributed by atoms with Crippen LogP contribution in [0.15, 0.2) is 12.1 Å². The smallest absolute Gasteiger partial charge is 0.129 e. The second-order valence-electron chi connectivity index (χ2n) is 7.26. The maximum atomic E-state index is 6.31. The van der Waals surface area contributed by atoms with E-state index in [1.807, 2.05) is 6.07 Å². The van der Waals surface area contributed by atoms with Crippen LogP contribution >= 0.6 is 11.6 Å². The van der Waals surface area contributed by atoms with Gasteiger partial charge in [-0.2, -0.15) is 0 Å². The van der Waals surface area contributed by atoms with Gasteiger partial charge in [-0.3, -0.25) is 0 Å². The number of nitrogens with zero attached hydrogens (tertiary/aromatic N) is 2. The molecular formula is C17H28ClN3. The number of aromatic nitrogens is 1. The lowest BCUT2D eigenvalue weighted by Gasteiger charge is -2.39. The van der Waals surface area contributed by atoms with E-state index in [1.165, 1.54) is 12.8 Å². The first kappa shape index (κ1) is 16.6. The average molecular weight is 310 g/mol. The summed E-state index contributed by atoms with van der Waals surface area (Å²) < 4.78 is 0. The zero-order chi connectivity index (χ0) is 15.6. The highest BCUT2D eigenvalue weighted by atomic mass is 35.5. The fraction of sp³-hybridized carbons (Fsp3) is 0.706. The number of halogens is 1. The lowest BCUT2D eigenvalue weighted by atomic mass is 9.92. The number of hydrogen-bond acceptors (Lipinski definition) is 3. The van der Waals surface area contributed by atoms with Crippen molar-refractivity contribution in [3.05, 3.63) is 22.8 Å². The van der Waals surface area contributed by atoms with Crippen molar-refractivity contribution in [2.24, 2.45) is 5.92 Å². The molecule has 2 atom stereocenters. The lowest BCUT2D eigenvalue weighted by molar-refractivity contribution is 0.361. The van der Waals surface area contributed by atoms with Crippen molar-refractivity contribution in [1.82, 2.24) is 10.3 Å². The van der Waals surface area contributed by atoms with Gasteiger partial charge in [-0.05, 0) is 58.6 Å². The van der Waals surface area contributed by atoms with E-state index in [1.54, 1.807) is 0 Å². The third-order valence-electron chi connectivity index (χ3n) is 4.36. The molecule has 1 aliphatic heterocycles. The zero-order valence-electron chi connectivity index (χ0n) is 13.9. The summed E-state index contributed by atoms with van der Waals surface area (Å²) in [4.78, 5) is 7.24. The highest BCUT2D eigenvalue weighted by Gasteiger charge is 2.26. The first-order valence-electron chi connectivity index (χ1n) is 7.95. The second kappa shape index (κ2) is 6.53. The van der Waals surface area contributed by atoms with Gasteiger partial charge in [-0.25, -0.2) is 4.98 Å². The van der Waals surface area contributed by atoms with E-state index in [2.05, 4.69) is 50.9 Å². The molecule has 0 radical (unpaired) electrons. The van der Waals surface area contributed by atoms with Gasteiger partial charge in [0.15, 0.2) is 0 Å². The Bertz CT molecular complexity index is 481. The van der Waals surface area contributed by atoms with E-state index >= 15 is 0 Å². The van der Waals surface area contributed by atoms with Crippen LogP contribution in [-0.2, 0) is 6.54 Å². The summed E-state index contributed by atoms with van der Waals surface area (Å²) in [5.41, 5.74) is 1.00. The van der Waals surface area contributed by atoms with Crippen LogP contribution in [0.2, 0.25) is 5.02 Å². The van der Waals surface area contributed by atoms with Crippen molar-refractivity contribution in [1.29, 1.82) is 0 Å². The van der Waals surface area contributed by atoms with Crippen LogP contribution in [0, 0.1) is 5.92 Å². The van der Waals surface area contributed by atoms with Gasteiger partial charge in [0.25, 0.3) is 0 Å². The summed E-state index contributed by atoms with van der Waals surface area (Å²) in [6.45, 7) is 12.9. The molecule has 118 valence electrons. The number of anilines is 1. The van der Waals surface area contributed by atoms with E-state index in [0.717, 1.165) is 23.1 Å². The predicted molar refractivity (Wildman–Crippen MR) is 91.0 cm³/mol. The first-order valence-corrected chi connectivity index (χ1v) is 8.33. The molecule has 1 saturated heterocycles. The van der Waals surface area contributed by atoms with Crippen molar-refractivity contribution in [3.63, 3.8) is 0 Å². The Morgan fingerprint density at radius 1 is 1.33 bits per heavy atom. The molecule has 1 aliphatic rings. The van der Waals surface area contributed by atoms with Gasteiger partial charge in [0.05, 0.1) is 10.7 Å². The molecule has 1 aromatic rings. The first-order chi connectivity index (χ1) is 9.78. The molecule has 0 saturated carbocycles. The molecular weight excluding hydrogens is 282 g/mol. The highest BCUT2D eigenvalue weighted by Crippen LogP contribution is 2.28. The Morgan fingerprint density at radius 2 is 2.05 bits per heavy atom. The monoisotopic (exact) mass is 309 g/mol.